The smallest absolute Gasteiger partial charge is 0.141 e. The topological polar surface area (TPSA) is 51.6 Å². The van der Waals surface area contributed by atoms with Crippen LogP contribution in [0.15, 0.2) is 157 Å². The van der Waals surface area contributed by atoms with Crippen molar-refractivity contribution in [1.82, 2.24) is 19.9 Å². The number of thiazole rings is 2. The molecule has 9 aromatic rings. The number of fused-ring (bicyclic) bond motifs is 2. The largest absolute Gasteiger partial charge is 0.245 e. The predicted molar refractivity (Wildman–Crippen MR) is 201 cm³/mol. The Kier molecular flexibility index (Phi) is 7.15. The van der Waals surface area contributed by atoms with Gasteiger partial charge in [0.15, 0.2) is 0 Å². The second kappa shape index (κ2) is 12.1. The van der Waals surface area contributed by atoms with Gasteiger partial charge in [-0.1, -0.05) is 103 Å². The summed E-state index contributed by atoms with van der Waals surface area (Å²) >= 11 is 3.20. The SMILES string of the molecule is c1ccc(-c2ccccc2-c2ccc3c(-c4cccc(-c5nccs5)n4)c4ccccc4c(-c4cccc(-c5nccs5)n4)c3c2)cc1. The van der Waals surface area contributed by atoms with Crippen LogP contribution in [-0.2, 0) is 0 Å². The Morgan fingerprint density at radius 1 is 0.375 bits per heavy atom. The third-order valence-corrected chi connectivity index (χ3v) is 10.3. The zero-order valence-electron chi connectivity index (χ0n) is 25.6. The molecule has 0 aliphatic heterocycles. The van der Waals surface area contributed by atoms with E-state index < -0.39 is 0 Å². The standard InChI is InChI=1S/C42H26N4S2/c1-2-10-27(11-3-1)29-12-4-5-13-30(29)28-20-21-33-34(26-28)40(36-17-9-19-38(46-36)42-44-23-25-48-42)32-15-7-6-14-31(32)39(33)35-16-8-18-37(45-35)41-43-22-24-47-41/h1-26H. The van der Waals surface area contributed by atoms with E-state index >= 15 is 0 Å². The van der Waals surface area contributed by atoms with E-state index in [2.05, 4.69) is 131 Å². The van der Waals surface area contributed by atoms with E-state index in [-0.39, 0.29) is 0 Å². The molecule has 0 amide bonds. The molecule has 48 heavy (non-hydrogen) atoms. The van der Waals surface area contributed by atoms with Gasteiger partial charge in [-0.2, -0.15) is 0 Å². The molecule has 0 saturated carbocycles. The number of aromatic nitrogens is 4. The Morgan fingerprint density at radius 3 is 1.46 bits per heavy atom. The summed E-state index contributed by atoms with van der Waals surface area (Å²) in [4.78, 5) is 19.5. The lowest BCUT2D eigenvalue weighted by Gasteiger charge is -2.19. The van der Waals surface area contributed by atoms with Crippen LogP contribution in [0.4, 0.5) is 0 Å². The molecule has 226 valence electrons. The first-order chi connectivity index (χ1) is 23.8. The quantitative estimate of drug-likeness (QED) is 0.168. The second-order valence-corrected chi connectivity index (χ2v) is 13.2. The molecule has 9 rings (SSSR count). The van der Waals surface area contributed by atoms with Gasteiger partial charge in [0.2, 0.25) is 0 Å². The van der Waals surface area contributed by atoms with Gasteiger partial charge in [0.05, 0.1) is 22.8 Å². The molecule has 0 radical (unpaired) electrons. The van der Waals surface area contributed by atoms with Crippen molar-refractivity contribution in [2.24, 2.45) is 0 Å². The molecule has 0 N–H and O–H groups in total. The highest BCUT2D eigenvalue weighted by Crippen LogP contribution is 2.45. The van der Waals surface area contributed by atoms with Crippen molar-refractivity contribution in [2.45, 2.75) is 0 Å². The molecule has 4 nitrogen and oxygen atoms in total. The Bertz CT molecular complexity index is 2560. The van der Waals surface area contributed by atoms with Crippen LogP contribution >= 0.6 is 22.7 Å². The van der Waals surface area contributed by atoms with E-state index in [9.17, 15) is 0 Å². The first-order valence-electron chi connectivity index (χ1n) is 15.7. The maximum absolute atomic E-state index is 5.23. The van der Waals surface area contributed by atoms with Gasteiger partial charge < -0.3 is 0 Å². The molecule has 0 saturated heterocycles. The van der Waals surface area contributed by atoms with E-state index in [1.807, 2.05) is 35.3 Å². The van der Waals surface area contributed by atoms with Crippen molar-refractivity contribution in [3.8, 4) is 66.2 Å². The molecule has 4 aromatic heterocycles. The summed E-state index contributed by atoms with van der Waals surface area (Å²) in [7, 11) is 0. The summed E-state index contributed by atoms with van der Waals surface area (Å²) in [6, 6.07) is 47.2. The third kappa shape index (κ3) is 4.99. The summed E-state index contributed by atoms with van der Waals surface area (Å²) in [6.45, 7) is 0. The Labute approximate surface area is 285 Å². The van der Waals surface area contributed by atoms with Crippen LogP contribution in [0.2, 0.25) is 0 Å². The number of nitrogens with zero attached hydrogens (tertiary/aromatic N) is 4. The summed E-state index contributed by atoms with van der Waals surface area (Å²) in [5, 5.41) is 10.3. The second-order valence-electron chi connectivity index (χ2n) is 11.5. The summed E-state index contributed by atoms with van der Waals surface area (Å²) < 4.78 is 0. The van der Waals surface area contributed by atoms with E-state index in [0.717, 1.165) is 71.0 Å². The lowest BCUT2D eigenvalue weighted by Crippen LogP contribution is -1.96. The average molecular weight is 651 g/mol. The van der Waals surface area contributed by atoms with E-state index in [1.54, 1.807) is 22.7 Å². The van der Waals surface area contributed by atoms with E-state index in [1.165, 1.54) is 16.7 Å². The molecule has 0 spiro atoms. The molecule has 6 heteroatoms. The van der Waals surface area contributed by atoms with Crippen molar-refractivity contribution in [1.29, 1.82) is 0 Å². The fraction of sp³-hybridized carbons (Fsp3) is 0. The fourth-order valence-electron chi connectivity index (χ4n) is 6.59. The molecule has 4 heterocycles. The number of benzene rings is 5. The zero-order chi connectivity index (χ0) is 31.9. The van der Waals surface area contributed by atoms with Crippen molar-refractivity contribution >= 4 is 44.2 Å². The molecule has 0 fully saturated rings. The summed E-state index contributed by atoms with van der Waals surface area (Å²) in [5.74, 6) is 0. The Balaban J connectivity index is 1.36. The molecule has 5 aromatic carbocycles. The number of hydrogen-bond acceptors (Lipinski definition) is 6. The molecular weight excluding hydrogens is 625 g/mol. The van der Waals surface area contributed by atoms with Crippen LogP contribution in [0, 0.1) is 0 Å². The minimum absolute atomic E-state index is 0.868. The van der Waals surface area contributed by atoms with Crippen LogP contribution in [-0.4, -0.2) is 19.9 Å². The number of hydrogen-bond donors (Lipinski definition) is 0. The van der Waals surface area contributed by atoms with Gasteiger partial charge in [0.25, 0.3) is 0 Å². The highest BCUT2D eigenvalue weighted by atomic mass is 32.1. The van der Waals surface area contributed by atoms with Crippen molar-refractivity contribution in [2.75, 3.05) is 0 Å². The minimum atomic E-state index is 0.868. The zero-order valence-corrected chi connectivity index (χ0v) is 27.2. The molecule has 0 aliphatic carbocycles. The van der Waals surface area contributed by atoms with Crippen LogP contribution in [0.25, 0.3) is 87.7 Å². The van der Waals surface area contributed by atoms with Gasteiger partial charge in [-0.05, 0) is 74.1 Å². The fourth-order valence-corrected chi connectivity index (χ4v) is 7.80. The van der Waals surface area contributed by atoms with Crippen molar-refractivity contribution < 1.29 is 0 Å². The molecule has 0 atom stereocenters. The van der Waals surface area contributed by atoms with Gasteiger partial charge in [0, 0.05) is 34.3 Å². The highest BCUT2D eigenvalue weighted by molar-refractivity contribution is 7.13. The number of pyridine rings is 2. The van der Waals surface area contributed by atoms with Gasteiger partial charge in [-0.25, -0.2) is 19.9 Å². The Morgan fingerprint density at radius 2 is 0.875 bits per heavy atom. The number of rotatable bonds is 6. The van der Waals surface area contributed by atoms with Crippen LogP contribution in [0.1, 0.15) is 0 Å². The molecular formula is C42H26N4S2. The van der Waals surface area contributed by atoms with Crippen LogP contribution < -0.4 is 0 Å². The van der Waals surface area contributed by atoms with Crippen molar-refractivity contribution in [3.63, 3.8) is 0 Å². The Hall–Kier alpha value is -5.82. The van der Waals surface area contributed by atoms with Gasteiger partial charge in [-0.3, -0.25) is 0 Å². The minimum Gasteiger partial charge on any atom is -0.245 e. The first-order valence-corrected chi connectivity index (χ1v) is 17.5. The molecule has 0 bridgehead atoms. The van der Waals surface area contributed by atoms with Gasteiger partial charge in [0.1, 0.15) is 10.0 Å². The highest BCUT2D eigenvalue weighted by Gasteiger charge is 2.20. The van der Waals surface area contributed by atoms with Gasteiger partial charge >= 0.3 is 0 Å². The van der Waals surface area contributed by atoms with E-state index in [0.29, 0.717) is 0 Å². The average Bonchev–Trinajstić information content (AvgIpc) is 3.90. The molecule has 0 unspecified atom stereocenters. The maximum atomic E-state index is 5.23. The lowest BCUT2D eigenvalue weighted by molar-refractivity contribution is 1.29. The molecule has 0 aliphatic rings. The predicted octanol–water partition coefficient (Wildman–Crippen LogP) is 11.7. The van der Waals surface area contributed by atoms with Crippen LogP contribution in [0.3, 0.4) is 0 Å². The summed E-state index contributed by atoms with van der Waals surface area (Å²) in [6.07, 6.45) is 3.66. The first kappa shape index (κ1) is 28.4. The third-order valence-electron chi connectivity index (χ3n) is 8.66. The van der Waals surface area contributed by atoms with Gasteiger partial charge in [-0.15, -0.1) is 22.7 Å². The maximum Gasteiger partial charge on any atom is 0.141 e. The van der Waals surface area contributed by atoms with Crippen LogP contribution in [0.5, 0.6) is 0 Å². The van der Waals surface area contributed by atoms with E-state index in [4.69, 9.17) is 9.97 Å². The van der Waals surface area contributed by atoms with Crippen molar-refractivity contribution in [3.05, 3.63) is 157 Å². The monoisotopic (exact) mass is 650 g/mol. The lowest BCUT2D eigenvalue weighted by atomic mass is 9.86. The summed E-state index contributed by atoms with van der Waals surface area (Å²) in [5.41, 5.74) is 10.5. The normalized spacial score (nSPS) is 11.3.